The van der Waals surface area contributed by atoms with E-state index in [0.717, 1.165) is 0 Å². The number of hydrogen-bond acceptors (Lipinski definition) is 4. The van der Waals surface area contributed by atoms with Crippen molar-refractivity contribution in [2.75, 3.05) is 6.61 Å². The van der Waals surface area contributed by atoms with Gasteiger partial charge in [0.25, 0.3) is 0 Å². The Bertz CT molecular complexity index is 329. The largest absolute Gasteiger partial charge is 0.480 e. The first-order chi connectivity index (χ1) is 8.90. The molecular weight excluding hydrogens is 250 g/mol. The molecule has 7 heteroatoms. The molecular formula is C12H23N3O4. The van der Waals surface area contributed by atoms with Crippen molar-refractivity contribution in [2.24, 2.45) is 4.99 Å². The molecule has 3 N–H and O–H groups in total. The van der Waals surface area contributed by atoms with Crippen molar-refractivity contribution in [2.45, 2.75) is 52.6 Å². The van der Waals surface area contributed by atoms with E-state index in [-0.39, 0.29) is 18.6 Å². The van der Waals surface area contributed by atoms with E-state index in [9.17, 15) is 9.59 Å². The highest BCUT2D eigenvalue weighted by atomic mass is 16.5. The molecule has 0 aliphatic heterocycles. The molecule has 0 aliphatic rings. The number of carboxylic acids is 1. The lowest BCUT2D eigenvalue weighted by molar-refractivity contribution is -0.138. The second-order valence-corrected chi connectivity index (χ2v) is 4.26. The van der Waals surface area contributed by atoms with Crippen LogP contribution in [0.5, 0.6) is 0 Å². The lowest BCUT2D eigenvalue weighted by Crippen LogP contribution is -2.45. The summed E-state index contributed by atoms with van der Waals surface area (Å²) in [5.74, 6) is -0.898. The Morgan fingerprint density at radius 1 is 1.32 bits per heavy atom. The van der Waals surface area contributed by atoms with E-state index in [1.807, 2.05) is 20.8 Å². The number of nitrogens with one attached hydrogen (secondary N) is 2. The smallest absolute Gasteiger partial charge is 0.413 e. The van der Waals surface area contributed by atoms with Crippen molar-refractivity contribution in [3.63, 3.8) is 0 Å². The van der Waals surface area contributed by atoms with E-state index in [1.54, 1.807) is 6.92 Å². The van der Waals surface area contributed by atoms with Crippen LogP contribution in [0.15, 0.2) is 4.99 Å². The molecule has 0 fully saturated rings. The van der Waals surface area contributed by atoms with Gasteiger partial charge < -0.3 is 15.2 Å². The third-order valence-corrected chi connectivity index (χ3v) is 2.05. The van der Waals surface area contributed by atoms with Crippen LogP contribution in [0, 0.1) is 0 Å². The third-order valence-electron chi connectivity index (χ3n) is 2.05. The number of aliphatic imine (C=N–C) groups is 1. The predicted molar refractivity (Wildman–Crippen MR) is 72.2 cm³/mol. The maximum Gasteiger partial charge on any atom is 0.413 e. The van der Waals surface area contributed by atoms with Crippen LogP contribution in [0.1, 0.15) is 40.5 Å². The van der Waals surface area contributed by atoms with Gasteiger partial charge in [0.05, 0.1) is 6.61 Å². The van der Waals surface area contributed by atoms with Crippen LogP contribution >= 0.6 is 0 Å². The molecule has 0 aliphatic carbocycles. The molecule has 0 spiro atoms. The molecule has 110 valence electrons. The molecule has 7 nitrogen and oxygen atoms in total. The maximum absolute atomic E-state index is 11.3. The molecule has 0 bridgehead atoms. The molecule has 0 saturated heterocycles. The minimum atomic E-state index is -1.02. The zero-order valence-electron chi connectivity index (χ0n) is 11.9. The number of carboxylic acid groups (broad SMARTS) is 1. The van der Waals surface area contributed by atoms with Crippen molar-refractivity contribution in [1.82, 2.24) is 10.6 Å². The lowest BCUT2D eigenvalue weighted by Gasteiger charge is -2.16. The number of guanidine groups is 1. The van der Waals surface area contributed by atoms with E-state index in [2.05, 4.69) is 15.6 Å². The number of rotatable bonds is 6. The van der Waals surface area contributed by atoms with Gasteiger partial charge in [-0.05, 0) is 27.2 Å². The molecule has 0 aromatic rings. The first kappa shape index (κ1) is 17.2. The highest BCUT2D eigenvalue weighted by Gasteiger charge is 2.17. The molecule has 0 rings (SSSR count). The SMILES string of the molecule is CCCC(/N=C(/NC(=O)OCC)NC(C)C)C(=O)O. The highest BCUT2D eigenvalue weighted by molar-refractivity contribution is 5.95. The molecule has 1 amide bonds. The fourth-order valence-electron chi connectivity index (χ4n) is 1.32. The maximum atomic E-state index is 11.3. The first-order valence-electron chi connectivity index (χ1n) is 6.41. The zero-order chi connectivity index (χ0) is 14.8. The predicted octanol–water partition coefficient (Wildman–Crippen LogP) is 1.34. The van der Waals surface area contributed by atoms with Crippen LogP contribution < -0.4 is 10.6 Å². The zero-order valence-corrected chi connectivity index (χ0v) is 11.9. The molecule has 1 unspecified atom stereocenters. The van der Waals surface area contributed by atoms with Gasteiger partial charge in [0.15, 0.2) is 6.04 Å². The number of ether oxygens (including phenoxy) is 1. The van der Waals surface area contributed by atoms with Crippen LogP contribution in [0.4, 0.5) is 4.79 Å². The standard InChI is InChI=1S/C12H23N3O4/c1-5-7-9(10(16)17)14-11(13-8(3)4)15-12(18)19-6-2/h8-9H,5-7H2,1-4H3,(H,16,17)(H2,13,14,15,18). The number of aliphatic carboxylic acids is 1. The number of hydrogen-bond donors (Lipinski definition) is 3. The van der Waals surface area contributed by atoms with Crippen molar-refractivity contribution in [3.8, 4) is 0 Å². The Morgan fingerprint density at radius 2 is 1.95 bits per heavy atom. The molecule has 0 aromatic heterocycles. The normalized spacial score (nSPS) is 13.0. The summed E-state index contributed by atoms with van der Waals surface area (Å²) in [6, 6.07) is -0.870. The van der Waals surface area contributed by atoms with E-state index in [4.69, 9.17) is 9.84 Å². The molecule has 0 saturated carbocycles. The van der Waals surface area contributed by atoms with Crippen LogP contribution in [-0.2, 0) is 9.53 Å². The van der Waals surface area contributed by atoms with Gasteiger partial charge in [-0.25, -0.2) is 14.6 Å². The van der Waals surface area contributed by atoms with Crippen LogP contribution in [0.3, 0.4) is 0 Å². The summed E-state index contributed by atoms with van der Waals surface area (Å²) in [5, 5.41) is 14.3. The average molecular weight is 273 g/mol. The Hall–Kier alpha value is -1.79. The van der Waals surface area contributed by atoms with Gasteiger partial charge in [0.2, 0.25) is 5.96 Å². The number of alkyl carbamates (subject to hydrolysis) is 1. The summed E-state index contributed by atoms with van der Waals surface area (Å²) >= 11 is 0. The van der Waals surface area contributed by atoms with E-state index < -0.39 is 18.1 Å². The Kier molecular flexibility index (Phi) is 8.32. The second-order valence-electron chi connectivity index (χ2n) is 4.26. The Morgan fingerprint density at radius 3 is 2.37 bits per heavy atom. The van der Waals surface area contributed by atoms with Gasteiger partial charge in [0, 0.05) is 6.04 Å². The number of amides is 1. The molecule has 0 radical (unpaired) electrons. The number of carbonyl (C=O) groups excluding carboxylic acids is 1. The van der Waals surface area contributed by atoms with Crippen molar-refractivity contribution < 1.29 is 19.4 Å². The topological polar surface area (TPSA) is 100 Å². The van der Waals surface area contributed by atoms with Crippen LogP contribution in [0.25, 0.3) is 0 Å². The number of carbonyl (C=O) groups is 2. The third kappa shape index (κ3) is 8.01. The Balaban J connectivity index is 4.87. The van der Waals surface area contributed by atoms with Crippen LogP contribution in [0.2, 0.25) is 0 Å². The first-order valence-corrected chi connectivity index (χ1v) is 6.41. The Labute approximate surface area is 113 Å². The molecule has 1 atom stereocenters. The van der Waals surface area contributed by atoms with E-state index >= 15 is 0 Å². The monoisotopic (exact) mass is 273 g/mol. The van der Waals surface area contributed by atoms with Crippen LogP contribution in [-0.4, -0.2) is 41.8 Å². The molecule has 0 heterocycles. The van der Waals surface area contributed by atoms with Gasteiger partial charge in [-0.3, -0.25) is 5.32 Å². The minimum absolute atomic E-state index is 0.0109. The number of nitrogens with zero attached hydrogens (tertiary/aromatic N) is 1. The summed E-state index contributed by atoms with van der Waals surface area (Å²) < 4.78 is 4.74. The van der Waals surface area contributed by atoms with Crippen molar-refractivity contribution >= 4 is 18.0 Å². The van der Waals surface area contributed by atoms with Crippen molar-refractivity contribution in [3.05, 3.63) is 0 Å². The highest BCUT2D eigenvalue weighted by Crippen LogP contribution is 2.02. The van der Waals surface area contributed by atoms with Gasteiger partial charge in [-0.1, -0.05) is 13.3 Å². The second kappa shape index (κ2) is 9.18. The van der Waals surface area contributed by atoms with Gasteiger partial charge in [-0.15, -0.1) is 0 Å². The summed E-state index contributed by atoms with van der Waals surface area (Å²) in [5.41, 5.74) is 0. The summed E-state index contributed by atoms with van der Waals surface area (Å²) in [6.45, 7) is 7.51. The minimum Gasteiger partial charge on any atom is -0.480 e. The fourth-order valence-corrected chi connectivity index (χ4v) is 1.32. The van der Waals surface area contributed by atoms with Gasteiger partial charge in [0.1, 0.15) is 0 Å². The van der Waals surface area contributed by atoms with E-state index in [1.165, 1.54) is 0 Å². The van der Waals surface area contributed by atoms with Crippen molar-refractivity contribution in [1.29, 1.82) is 0 Å². The molecule has 0 aromatic carbocycles. The van der Waals surface area contributed by atoms with Gasteiger partial charge >= 0.3 is 12.1 Å². The summed E-state index contributed by atoms with van der Waals surface area (Å²) in [7, 11) is 0. The molecule has 19 heavy (non-hydrogen) atoms. The lowest BCUT2D eigenvalue weighted by atomic mass is 10.2. The van der Waals surface area contributed by atoms with E-state index in [0.29, 0.717) is 12.8 Å². The fraction of sp³-hybridized carbons (Fsp3) is 0.750. The average Bonchev–Trinajstić information content (AvgIpc) is 2.27. The quantitative estimate of drug-likeness (QED) is 0.501. The van der Waals surface area contributed by atoms with Gasteiger partial charge in [-0.2, -0.15) is 0 Å². The summed E-state index contributed by atoms with van der Waals surface area (Å²) in [6.07, 6.45) is 0.438. The summed E-state index contributed by atoms with van der Waals surface area (Å²) in [4.78, 5) is 26.4.